The molecule has 0 radical (unpaired) electrons. The Bertz CT molecular complexity index is 1460. The van der Waals surface area contributed by atoms with Crippen LogP contribution in [0.1, 0.15) is 40.4 Å². The standard InChI is InChI=1S/C28H26N2O4S/c31-25-17-14-20-8-4-5-11-24(20)26(25)27(21-9-2-1-3-10-21)29-28(32)22-12-15-23(16-13-22)35(33,34)30-18-6-7-19-30/h1-5,8-17,27,31H,6-7,18-19H2,(H,29,32)/t27-/m0/s1. The molecule has 0 aromatic heterocycles. The summed E-state index contributed by atoms with van der Waals surface area (Å²) >= 11 is 0. The predicted molar refractivity (Wildman–Crippen MR) is 136 cm³/mol. The van der Waals surface area contributed by atoms with Crippen LogP contribution in [0.2, 0.25) is 0 Å². The lowest BCUT2D eigenvalue weighted by molar-refractivity contribution is 0.0943. The number of carbonyl (C=O) groups is 1. The van der Waals surface area contributed by atoms with Crippen LogP contribution in [-0.4, -0.2) is 36.8 Å². The SMILES string of the molecule is O=C(N[C@@H](c1ccccc1)c1c(O)ccc2ccccc12)c1ccc(S(=O)(=O)N2CCCC2)cc1. The van der Waals surface area contributed by atoms with Gasteiger partial charge in [0, 0.05) is 24.2 Å². The first-order chi connectivity index (χ1) is 16.9. The molecular weight excluding hydrogens is 460 g/mol. The second kappa shape index (κ2) is 9.52. The maximum Gasteiger partial charge on any atom is 0.252 e. The third kappa shape index (κ3) is 4.52. The van der Waals surface area contributed by atoms with Gasteiger partial charge in [-0.25, -0.2) is 8.42 Å². The summed E-state index contributed by atoms with van der Waals surface area (Å²) in [5.41, 5.74) is 1.77. The normalized spacial score (nSPS) is 15.2. The maximum absolute atomic E-state index is 13.3. The molecule has 35 heavy (non-hydrogen) atoms. The first-order valence-electron chi connectivity index (χ1n) is 11.6. The van der Waals surface area contributed by atoms with E-state index in [0.29, 0.717) is 24.2 Å². The molecule has 4 aromatic carbocycles. The van der Waals surface area contributed by atoms with Crippen LogP contribution in [0.4, 0.5) is 0 Å². The van der Waals surface area contributed by atoms with E-state index in [1.54, 1.807) is 6.07 Å². The number of hydrogen-bond donors (Lipinski definition) is 2. The number of phenolic OH excluding ortho intramolecular Hbond substituents is 1. The van der Waals surface area contributed by atoms with Crippen molar-refractivity contribution >= 4 is 26.7 Å². The minimum absolute atomic E-state index is 0.0879. The van der Waals surface area contributed by atoms with Gasteiger partial charge >= 0.3 is 0 Å². The summed E-state index contributed by atoms with van der Waals surface area (Å²) in [6.45, 7) is 1.05. The van der Waals surface area contributed by atoms with E-state index in [0.717, 1.165) is 29.2 Å². The van der Waals surface area contributed by atoms with Gasteiger partial charge in [-0.2, -0.15) is 4.31 Å². The fourth-order valence-electron chi connectivity index (χ4n) is 4.63. The number of fused-ring (bicyclic) bond motifs is 1. The van der Waals surface area contributed by atoms with Gasteiger partial charge in [0.2, 0.25) is 10.0 Å². The zero-order valence-electron chi connectivity index (χ0n) is 19.1. The Kier molecular flexibility index (Phi) is 6.28. The van der Waals surface area contributed by atoms with Crippen LogP contribution in [-0.2, 0) is 10.0 Å². The fourth-order valence-corrected chi connectivity index (χ4v) is 6.14. The largest absolute Gasteiger partial charge is 0.508 e. The van der Waals surface area contributed by atoms with E-state index < -0.39 is 16.1 Å². The number of phenols is 1. The number of amides is 1. The number of rotatable bonds is 6. The number of carbonyl (C=O) groups excluding carboxylic acids is 1. The van der Waals surface area contributed by atoms with Crippen LogP contribution in [0, 0.1) is 0 Å². The van der Waals surface area contributed by atoms with Crippen molar-refractivity contribution in [2.45, 2.75) is 23.8 Å². The summed E-state index contributed by atoms with van der Waals surface area (Å²) in [4.78, 5) is 13.5. The van der Waals surface area contributed by atoms with Gasteiger partial charge in [-0.05, 0) is 59.5 Å². The zero-order chi connectivity index (χ0) is 24.4. The van der Waals surface area contributed by atoms with Crippen LogP contribution >= 0.6 is 0 Å². The lowest BCUT2D eigenvalue weighted by atomic mass is 9.92. The summed E-state index contributed by atoms with van der Waals surface area (Å²) in [7, 11) is -3.55. The molecule has 1 aliphatic heterocycles. The number of aromatic hydroxyl groups is 1. The summed E-state index contributed by atoms with van der Waals surface area (Å²) < 4.78 is 27.1. The van der Waals surface area contributed by atoms with E-state index in [4.69, 9.17) is 0 Å². The molecule has 0 unspecified atom stereocenters. The second-order valence-electron chi connectivity index (χ2n) is 8.67. The highest BCUT2D eigenvalue weighted by molar-refractivity contribution is 7.89. The van der Waals surface area contributed by atoms with Gasteiger partial charge in [0.25, 0.3) is 5.91 Å². The molecule has 4 aromatic rings. The Morgan fingerprint density at radius 3 is 2.20 bits per heavy atom. The molecule has 7 heteroatoms. The van der Waals surface area contributed by atoms with Crippen molar-refractivity contribution in [3.63, 3.8) is 0 Å². The second-order valence-corrected chi connectivity index (χ2v) is 10.6. The molecule has 1 fully saturated rings. The molecule has 5 rings (SSSR count). The molecular formula is C28H26N2O4S. The van der Waals surface area contributed by atoms with Gasteiger partial charge in [-0.3, -0.25) is 4.79 Å². The van der Waals surface area contributed by atoms with Gasteiger partial charge in [-0.15, -0.1) is 0 Å². The first-order valence-corrected chi connectivity index (χ1v) is 13.1. The number of nitrogens with one attached hydrogen (secondary N) is 1. The minimum atomic E-state index is -3.55. The third-order valence-electron chi connectivity index (χ3n) is 6.46. The van der Waals surface area contributed by atoms with Gasteiger partial charge < -0.3 is 10.4 Å². The van der Waals surface area contributed by atoms with Gasteiger partial charge in [0.15, 0.2) is 0 Å². The van der Waals surface area contributed by atoms with Crippen molar-refractivity contribution in [3.05, 3.63) is 108 Å². The number of benzene rings is 4. The smallest absolute Gasteiger partial charge is 0.252 e. The summed E-state index contributed by atoms with van der Waals surface area (Å²) in [6, 6.07) is 26.1. The monoisotopic (exact) mass is 486 g/mol. The highest BCUT2D eigenvalue weighted by Crippen LogP contribution is 2.36. The fraction of sp³-hybridized carbons (Fsp3) is 0.179. The first kappa shape index (κ1) is 23.1. The lowest BCUT2D eigenvalue weighted by Crippen LogP contribution is -2.30. The Morgan fingerprint density at radius 1 is 0.829 bits per heavy atom. The molecule has 6 nitrogen and oxygen atoms in total. The Hall–Kier alpha value is -3.68. The van der Waals surface area contributed by atoms with E-state index in [-0.39, 0.29) is 16.6 Å². The number of hydrogen-bond acceptors (Lipinski definition) is 4. The lowest BCUT2D eigenvalue weighted by Gasteiger charge is -2.23. The van der Waals surface area contributed by atoms with Gasteiger partial charge in [-0.1, -0.05) is 60.7 Å². The predicted octanol–water partition coefficient (Wildman–Crippen LogP) is 4.85. The minimum Gasteiger partial charge on any atom is -0.508 e. The Balaban J connectivity index is 1.49. The van der Waals surface area contributed by atoms with Crippen molar-refractivity contribution in [2.24, 2.45) is 0 Å². The third-order valence-corrected chi connectivity index (χ3v) is 8.38. The van der Waals surface area contributed by atoms with E-state index in [9.17, 15) is 18.3 Å². The Morgan fingerprint density at radius 2 is 1.49 bits per heavy atom. The van der Waals surface area contributed by atoms with Gasteiger partial charge in [0.1, 0.15) is 5.75 Å². The molecule has 2 N–H and O–H groups in total. The highest BCUT2D eigenvalue weighted by Gasteiger charge is 2.28. The molecule has 0 spiro atoms. The zero-order valence-corrected chi connectivity index (χ0v) is 19.9. The van der Waals surface area contributed by atoms with E-state index in [1.807, 2.05) is 60.7 Å². The molecule has 0 aliphatic carbocycles. The van der Waals surface area contributed by atoms with E-state index in [1.165, 1.54) is 28.6 Å². The van der Waals surface area contributed by atoms with Crippen molar-refractivity contribution in [3.8, 4) is 5.75 Å². The molecule has 1 atom stereocenters. The average Bonchev–Trinajstić information content (AvgIpc) is 3.44. The summed E-state index contributed by atoms with van der Waals surface area (Å²) in [6.07, 6.45) is 1.73. The van der Waals surface area contributed by atoms with Crippen LogP contribution in [0.5, 0.6) is 5.75 Å². The molecule has 1 aliphatic rings. The van der Waals surface area contributed by atoms with E-state index >= 15 is 0 Å². The number of nitrogens with zero attached hydrogens (tertiary/aromatic N) is 1. The van der Waals surface area contributed by atoms with Crippen molar-refractivity contribution in [1.82, 2.24) is 9.62 Å². The molecule has 1 saturated heterocycles. The van der Waals surface area contributed by atoms with Crippen LogP contribution in [0.25, 0.3) is 10.8 Å². The topological polar surface area (TPSA) is 86.7 Å². The van der Waals surface area contributed by atoms with Crippen LogP contribution in [0.15, 0.2) is 95.9 Å². The quantitative estimate of drug-likeness (QED) is 0.408. The van der Waals surface area contributed by atoms with Crippen molar-refractivity contribution in [2.75, 3.05) is 13.1 Å². The molecule has 1 amide bonds. The summed E-state index contributed by atoms with van der Waals surface area (Å²) in [5, 5.41) is 15.7. The Labute approximate surface area is 204 Å². The number of sulfonamides is 1. The maximum atomic E-state index is 13.3. The van der Waals surface area contributed by atoms with Crippen LogP contribution < -0.4 is 5.32 Å². The molecule has 1 heterocycles. The molecule has 0 bridgehead atoms. The average molecular weight is 487 g/mol. The van der Waals surface area contributed by atoms with Crippen molar-refractivity contribution < 1.29 is 18.3 Å². The molecule has 178 valence electrons. The molecule has 0 saturated carbocycles. The van der Waals surface area contributed by atoms with Gasteiger partial charge in [0.05, 0.1) is 10.9 Å². The summed E-state index contributed by atoms with van der Waals surface area (Å²) in [5.74, 6) is -0.277. The van der Waals surface area contributed by atoms with Crippen LogP contribution in [0.3, 0.4) is 0 Å². The van der Waals surface area contributed by atoms with E-state index in [2.05, 4.69) is 5.32 Å². The highest BCUT2D eigenvalue weighted by atomic mass is 32.2. The van der Waals surface area contributed by atoms with Crippen molar-refractivity contribution in [1.29, 1.82) is 0 Å².